The van der Waals surface area contributed by atoms with E-state index in [0.717, 1.165) is 23.1 Å². The average Bonchev–Trinajstić information content (AvgIpc) is 2.95. The van der Waals surface area contributed by atoms with Crippen molar-refractivity contribution in [1.82, 2.24) is 9.55 Å². The van der Waals surface area contributed by atoms with Crippen LogP contribution in [0, 0.1) is 6.92 Å². The van der Waals surface area contributed by atoms with Gasteiger partial charge in [0.25, 0.3) is 0 Å². The Labute approximate surface area is 116 Å². The second-order valence-corrected chi connectivity index (χ2v) is 6.34. The normalized spacial score (nSPS) is 12.9. The maximum atomic E-state index is 5.79. The highest BCUT2D eigenvalue weighted by molar-refractivity contribution is 7.11. The molecule has 0 bridgehead atoms. The van der Waals surface area contributed by atoms with Crippen molar-refractivity contribution < 1.29 is 0 Å². The summed E-state index contributed by atoms with van der Waals surface area (Å²) < 4.78 is 2.23. The van der Waals surface area contributed by atoms with Crippen molar-refractivity contribution in [3.8, 4) is 0 Å². The lowest BCUT2D eigenvalue weighted by Crippen LogP contribution is -2.06. The van der Waals surface area contributed by atoms with Gasteiger partial charge in [0.15, 0.2) is 0 Å². The SMILES string of the molecule is Cc1ccc(CC(C)n2cnc3cc(N)ccc32)s1. The van der Waals surface area contributed by atoms with Crippen LogP contribution in [0.4, 0.5) is 5.69 Å². The summed E-state index contributed by atoms with van der Waals surface area (Å²) in [4.78, 5) is 7.22. The zero-order valence-corrected chi connectivity index (χ0v) is 11.9. The Morgan fingerprint density at radius 1 is 1.32 bits per heavy atom. The second-order valence-electron chi connectivity index (χ2n) is 4.97. The van der Waals surface area contributed by atoms with E-state index in [9.17, 15) is 0 Å². The largest absolute Gasteiger partial charge is 0.399 e. The molecule has 2 heterocycles. The van der Waals surface area contributed by atoms with Crippen molar-refractivity contribution in [3.63, 3.8) is 0 Å². The molecule has 98 valence electrons. The molecule has 0 radical (unpaired) electrons. The molecule has 1 atom stereocenters. The molecule has 3 rings (SSSR count). The zero-order valence-electron chi connectivity index (χ0n) is 11.1. The third-order valence-corrected chi connectivity index (χ3v) is 4.39. The number of nitrogen functional groups attached to an aromatic ring is 1. The van der Waals surface area contributed by atoms with Crippen molar-refractivity contribution in [2.75, 3.05) is 5.73 Å². The van der Waals surface area contributed by atoms with Crippen molar-refractivity contribution in [1.29, 1.82) is 0 Å². The molecule has 19 heavy (non-hydrogen) atoms. The fourth-order valence-electron chi connectivity index (χ4n) is 2.38. The molecule has 0 aliphatic heterocycles. The molecule has 0 aliphatic carbocycles. The minimum absolute atomic E-state index is 0.395. The molecule has 1 aromatic carbocycles. The summed E-state index contributed by atoms with van der Waals surface area (Å²) in [7, 11) is 0. The van der Waals surface area contributed by atoms with E-state index in [4.69, 9.17) is 5.73 Å². The summed E-state index contributed by atoms with van der Waals surface area (Å²) in [5.41, 5.74) is 8.67. The number of rotatable bonds is 3. The van der Waals surface area contributed by atoms with Crippen LogP contribution < -0.4 is 5.73 Å². The van der Waals surface area contributed by atoms with Crippen LogP contribution in [0.5, 0.6) is 0 Å². The summed E-state index contributed by atoms with van der Waals surface area (Å²) >= 11 is 1.87. The monoisotopic (exact) mass is 271 g/mol. The molecular formula is C15H17N3S. The van der Waals surface area contributed by atoms with Crippen LogP contribution in [0.1, 0.15) is 22.7 Å². The molecule has 0 aliphatic rings. The second kappa shape index (κ2) is 4.70. The predicted octanol–water partition coefficient (Wildman–Crippen LogP) is 3.79. The topological polar surface area (TPSA) is 43.8 Å². The highest BCUT2D eigenvalue weighted by atomic mass is 32.1. The summed E-state index contributed by atoms with van der Waals surface area (Å²) in [6.45, 7) is 4.38. The standard InChI is InChI=1S/C15H17N3S/c1-10(7-13-5-3-11(2)19-13)18-9-17-14-8-12(16)4-6-15(14)18/h3-6,8-10H,7,16H2,1-2H3. The van der Waals surface area contributed by atoms with Crippen molar-refractivity contribution in [3.05, 3.63) is 46.4 Å². The highest BCUT2D eigenvalue weighted by Gasteiger charge is 2.11. The van der Waals surface area contributed by atoms with E-state index in [1.807, 2.05) is 35.9 Å². The first kappa shape index (κ1) is 12.2. The van der Waals surface area contributed by atoms with Crippen LogP contribution in [-0.2, 0) is 6.42 Å². The maximum absolute atomic E-state index is 5.79. The predicted molar refractivity (Wildman–Crippen MR) is 81.6 cm³/mol. The number of imidazole rings is 1. The van der Waals surface area contributed by atoms with E-state index in [2.05, 4.69) is 35.5 Å². The molecule has 0 saturated carbocycles. The van der Waals surface area contributed by atoms with Crippen molar-refractivity contribution >= 4 is 28.1 Å². The van der Waals surface area contributed by atoms with E-state index >= 15 is 0 Å². The van der Waals surface area contributed by atoms with Gasteiger partial charge in [-0.25, -0.2) is 4.98 Å². The summed E-state index contributed by atoms with van der Waals surface area (Å²) in [5, 5.41) is 0. The van der Waals surface area contributed by atoms with Gasteiger partial charge in [-0.05, 0) is 44.2 Å². The lowest BCUT2D eigenvalue weighted by molar-refractivity contribution is 0.563. The molecule has 3 aromatic rings. The molecule has 0 saturated heterocycles. The minimum atomic E-state index is 0.395. The first-order valence-corrected chi connectivity index (χ1v) is 7.22. The Hall–Kier alpha value is -1.81. The lowest BCUT2D eigenvalue weighted by atomic mass is 10.2. The molecule has 0 amide bonds. The first-order valence-electron chi connectivity index (χ1n) is 6.41. The number of nitrogens with zero attached hydrogens (tertiary/aromatic N) is 2. The van der Waals surface area contributed by atoms with Gasteiger partial charge in [-0.1, -0.05) is 0 Å². The van der Waals surface area contributed by atoms with Crippen LogP contribution in [0.25, 0.3) is 11.0 Å². The Kier molecular flexibility index (Phi) is 3.03. The smallest absolute Gasteiger partial charge is 0.0960 e. The number of hydrogen-bond donors (Lipinski definition) is 1. The molecule has 2 N–H and O–H groups in total. The van der Waals surface area contributed by atoms with Crippen molar-refractivity contribution in [2.24, 2.45) is 0 Å². The van der Waals surface area contributed by atoms with Gasteiger partial charge < -0.3 is 10.3 Å². The van der Waals surface area contributed by atoms with Crippen LogP contribution >= 0.6 is 11.3 Å². The number of aryl methyl sites for hydroxylation is 1. The lowest BCUT2D eigenvalue weighted by Gasteiger charge is -2.13. The van der Waals surface area contributed by atoms with Crippen LogP contribution in [0.15, 0.2) is 36.7 Å². The van der Waals surface area contributed by atoms with Crippen LogP contribution in [-0.4, -0.2) is 9.55 Å². The van der Waals surface area contributed by atoms with E-state index in [1.165, 1.54) is 9.75 Å². The van der Waals surface area contributed by atoms with Gasteiger partial charge in [-0.2, -0.15) is 0 Å². The maximum Gasteiger partial charge on any atom is 0.0960 e. The van der Waals surface area contributed by atoms with Gasteiger partial charge in [-0.15, -0.1) is 11.3 Å². The molecule has 4 heteroatoms. The number of hydrogen-bond acceptors (Lipinski definition) is 3. The number of thiophene rings is 1. The van der Waals surface area contributed by atoms with E-state index in [-0.39, 0.29) is 0 Å². The van der Waals surface area contributed by atoms with Crippen LogP contribution in [0.2, 0.25) is 0 Å². The number of anilines is 1. The van der Waals surface area contributed by atoms with Crippen molar-refractivity contribution in [2.45, 2.75) is 26.3 Å². The molecule has 3 nitrogen and oxygen atoms in total. The van der Waals surface area contributed by atoms with E-state index in [0.29, 0.717) is 6.04 Å². The zero-order chi connectivity index (χ0) is 13.4. The molecular weight excluding hydrogens is 254 g/mol. The quantitative estimate of drug-likeness (QED) is 0.736. The molecule has 0 spiro atoms. The van der Waals surface area contributed by atoms with Gasteiger partial charge in [0.2, 0.25) is 0 Å². The van der Waals surface area contributed by atoms with Gasteiger partial charge in [0.1, 0.15) is 0 Å². The molecule has 1 unspecified atom stereocenters. The Morgan fingerprint density at radius 2 is 2.16 bits per heavy atom. The third-order valence-electron chi connectivity index (χ3n) is 3.37. The Balaban J connectivity index is 1.91. The van der Waals surface area contributed by atoms with E-state index in [1.54, 1.807) is 0 Å². The van der Waals surface area contributed by atoms with Gasteiger partial charge in [-0.3, -0.25) is 0 Å². The number of benzene rings is 1. The van der Waals surface area contributed by atoms with Crippen LogP contribution in [0.3, 0.4) is 0 Å². The number of aromatic nitrogens is 2. The Morgan fingerprint density at radius 3 is 2.89 bits per heavy atom. The van der Waals surface area contributed by atoms with E-state index < -0.39 is 0 Å². The summed E-state index contributed by atoms with van der Waals surface area (Å²) in [6.07, 6.45) is 2.95. The summed E-state index contributed by atoms with van der Waals surface area (Å²) in [5.74, 6) is 0. The minimum Gasteiger partial charge on any atom is -0.399 e. The summed E-state index contributed by atoms with van der Waals surface area (Å²) in [6, 6.07) is 10.7. The van der Waals surface area contributed by atoms with Gasteiger partial charge in [0, 0.05) is 27.9 Å². The fourth-order valence-corrected chi connectivity index (χ4v) is 3.39. The van der Waals surface area contributed by atoms with Gasteiger partial charge in [0.05, 0.1) is 17.4 Å². The first-order chi connectivity index (χ1) is 9.13. The molecule has 2 aromatic heterocycles. The average molecular weight is 271 g/mol. The fraction of sp³-hybridized carbons (Fsp3) is 0.267. The van der Waals surface area contributed by atoms with Gasteiger partial charge >= 0.3 is 0 Å². The highest BCUT2D eigenvalue weighted by Crippen LogP contribution is 2.25. The Bertz CT molecular complexity index is 711. The number of fused-ring (bicyclic) bond motifs is 1. The third kappa shape index (κ3) is 2.36. The number of nitrogens with two attached hydrogens (primary N) is 1. The molecule has 0 fully saturated rings.